The van der Waals surface area contributed by atoms with Crippen molar-refractivity contribution < 1.29 is 27.1 Å². The monoisotopic (exact) mass is 298 g/mol. The fourth-order valence-electron chi connectivity index (χ4n) is 2.37. The van der Waals surface area contributed by atoms with E-state index >= 15 is 0 Å². The van der Waals surface area contributed by atoms with Gasteiger partial charge in [-0.15, -0.1) is 0 Å². The van der Waals surface area contributed by atoms with Crippen LogP contribution < -0.4 is 10.4 Å². The molecule has 2 heterocycles. The molecule has 1 aromatic heterocycles. The summed E-state index contributed by atoms with van der Waals surface area (Å²) >= 11 is 0. The maximum absolute atomic E-state index is 12.5. The molecule has 0 bridgehead atoms. The molecule has 1 unspecified atom stereocenters. The van der Waals surface area contributed by atoms with E-state index in [0.717, 1.165) is 0 Å². The standard InChI is InChI=1S/C14H9F3O4/c15-14(16,17)5-8-6-20-9-3-1-7-2-4-10(18)21-13(7)11(9)12(8)19/h1-4,8H,5-6H2. The Balaban J connectivity index is 2.13. The lowest BCUT2D eigenvalue weighted by Gasteiger charge is -2.25. The molecule has 0 aliphatic carbocycles. The van der Waals surface area contributed by atoms with E-state index in [-0.39, 0.29) is 23.5 Å². The summed E-state index contributed by atoms with van der Waals surface area (Å²) in [7, 11) is 0. The van der Waals surface area contributed by atoms with Crippen molar-refractivity contribution in [1.29, 1.82) is 0 Å². The predicted molar refractivity (Wildman–Crippen MR) is 66.5 cm³/mol. The minimum atomic E-state index is -4.47. The predicted octanol–water partition coefficient (Wildman–Crippen LogP) is 2.94. The third kappa shape index (κ3) is 2.51. The van der Waals surface area contributed by atoms with Crippen molar-refractivity contribution in [3.63, 3.8) is 0 Å². The van der Waals surface area contributed by atoms with E-state index in [0.29, 0.717) is 5.39 Å². The SMILES string of the molecule is O=C1c2c(ccc3ccc(=O)oc23)OCC1CC(F)(F)F. The van der Waals surface area contributed by atoms with E-state index in [1.54, 1.807) is 6.07 Å². The van der Waals surface area contributed by atoms with Crippen molar-refractivity contribution in [2.45, 2.75) is 12.6 Å². The molecule has 0 N–H and O–H groups in total. The number of carbonyl (C=O) groups excluding carboxylic acids is 1. The fourth-order valence-corrected chi connectivity index (χ4v) is 2.37. The van der Waals surface area contributed by atoms with Crippen LogP contribution in [0.2, 0.25) is 0 Å². The minimum Gasteiger partial charge on any atom is -0.492 e. The van der Waals surface area contributed by atoms with Crippen molar-refractivity contribution >= 4 is 16.8 Å². The van der Waals surface area contributed by atoms with Gasteiger partial charge < -0.3 is 9.15 Å². The Bertz CT molecular complexity index is 776. The molecule has 110 valence electrons. The minimum absolute atomic E-state index is 0.0307. The molecule has 4 nitrogen and oxygen atoms in total. The van der Waals surface area contributed by atoms with Crippen molar-refractivity contribution in [3.8, 4) is 5.75 Å². The van der Waals surface area contributed by atoms with E-state index < -0.39 is 29.9 Å². The number of hydrogen-bond donors (Lipinski definition) is 0. The van der Waals surface area contributed by atoms with Crippen LogP contribution in [0.1, 0.15) is 16.8 Å². The molecule has 21 heavy (non-hydrogen) atoms. The second kappa shape index (κ2) is 4.61. The molecule has 0 fully saturated rings. The molecule has 1 aliphatic rings. The summed E-state index contributed by atoms with van der Waals surface area (Å²) < 4.78 is 47.6. The molecule has 2 aromatic rings. The van der Waals surface area contributed by atoms with Gasteiger partial charge in [-0.2, -0.15) is 13.2 Å². The number of rotatable bonds is 1. The van der Waals surface area contributed by atoms with Gasteiger partial charge in [-0.1, -0.05) is 0 Å². The van der Waals surface area contributed by atoms with Gasteiger partial charge in [-0.25, -0.2) is 4.79 Å². The Morgan fingerprint density at radius 3 is 2.57 bits per heavy atom. The average molecular weight is 298 g/mol. The van der Waals surface area contributed by atoms with Crippen LogP contribution in [-0.2, 0) is 0 Å². The lowest BCUT2D eigenvalue weighted by atomic mass is 9.91. The van der Waals surface area contributed by atoms with E-state index in [2.05, 4.69) is 0 Å². The molecule has 0 radical (unpaired) electrons. The second-order valence-corrected chi connectivity index (χ2v) is 4.80. The summed E-state index contributed by atoms with van der Waals surface area (Å²) in [6.45, 7) is -0.339. The van der Waals surface area contributed by atoms with Gasteiger partial charge in [-0.3, -0.25) is 4.79 Å². The maximum atomic E-state index is 12.5. The normalized spacial score (nSPS) is 18.4. The van der Waals surface area contributed by atoms with Gasteiger partial charge >= 0.3 is 11.8 Å². The Morgan fingerprint density at radius 1 is 1.14 bits per heavy atom. The molecule has 1 aliphatic heterocycles. The summed E-state index contributed by atoms with van der Waals surface area (Å²) in [6.07, 6.45) is -5.73. The zero-order valence-electron chi connectivity index (χ0n) is 10.6. The van der Waals surface area contributed by atoms with E-state index in [9.17, 15) is 22.8 Å². The molecule has 1 aromatic carbocycles. The highest BCUT2D eigenvalue weighted by Crippen LogP contribution is 2.36. The Kier molecular flexibility index (Phi) is 3.00. The topological polar surface area (TPSA) is 56.5 Å². The van der Waals surface area contributed by atoms with Gasteiger partial charge in [0, 0.05) is 11.5 Å². The van der Waals surface area contributed by atoms with Crippen molar-refractivity contribution in [2.24, 2.45) is 5.92 Å². The van der Waals surface area contributed by atoms with Gasteiger partial charge in [0.25, 0.3) is 0 Å². The number of ether oxygens (including phenoxy) is 1. The van der Waals surface area contributed by atoms with E-state index in [1.165, 1.54) is 18.2 Å². The number of fused-ring (bicyclic) bond motifs is 3. The molecular weight excluding hydrogens is 289 g/mol. The summed E-state index contributed by atoms with van der Waals surface area (Å²) in [6, 6.07) is 5.69. The van der Waals surface area contributed by atoms with Crippen LogP contribution in [0.25, 0.3) is 11.0 Å². The molecule has 3 rings (SSSR count). The van der Waals surface area contributed by atoms with Gasteiger partial charge in [0.1, 0.15) is 11.3 Å². The van der Waals surface area contributed by atoms with Crippen LogP contribution in [-0.4, -0.2) is 18.6 Å². The Labute approximate surface area is 116 Å². The number of alkyl halides is 3. The van der Waals surface area contributed by atoms with Crippen molar-refractivity contribution in [2.75, 3.05) is 6.61 Å². The van der Waals surface area contributed by atoms with Crippen LogP contribution in [0, 0.1) is 5.92 Å². The van der Waals surface area contributed by atoms with Crippen LogP contribution in [0.4, 0.5) is 13.2 Å². The first-order valence-electron chi connectivity index (χ1n) is 6.16. The molecular formula is C14H9F3O4. The molecule has 0 saturated carbocycles. The van der Waals surface area contributed by atoms with Crippen LogP contribution in [0.15, 0.2) is 33.5 Å². The second-order valence-electron chi connectivity index (χ2n) is 4.80. The number of hydrogen-bond acceptors (Lipinski definition) is 4. The number of halogens is 3. The number of benzene rings is 1. The Morgan fingerprint density at radius 2 is 1.86 bits per heavy atom. The summed E-state index contributed by atoms with van der Waals surface area (Å²) in [4.78, 5) is 23.6. The quantitative estimate of drug-likeness (QED) is 0.760. The van der Waals surface area contributed by atoms with Gasteiger partial charge in [-0.05, 0) is 18.2 Å². The molecule has 1 atom stereocenters. The Hall–Kier alpha value is -2.31. The highest BCUT2D eigenvalue weighted by atomic mass is 19.4. The first kappa shape index (κ1) is 13.7. The van der Waals surface area contributed by atoms with Crippen LogP contribution in [0.5, 0.6) is 5.75 Å². The average Bonchev–Trinajstić information content (AvgIpc) is 2.40. The van der Waals surface area contributed by atoms with Crippen LogP contribution >= 0.6 is 0 Å². The lowest BCUT2D eigenvalue weighted by molar-refractivity contribution is -0.143. The fraction of sp³-hybridized carbons (Fsp3) is 0.286. The first-order valence-corrected chi connectivity index (χ1v) is 6.16. The first-order chi connectivity index (χ1) is 9.85. The van der Waals surface area contributed by atoms with Gasteiger partial charge in [0.15, 0.2) is 11.4 Å². The van der Waals surface area contributed by atoms with Gasteiger partial charge in [0.2, 0.25) is 0 Å². The van der Waals surface area contributed by atoms with Crippen molar-refractivity contribution in [3.05, 3.63) is 40.2 Å². The molecule has 0 amide bonds. The van der Waals surface area contributed by atoms with E-state index in [4.69, 9.17) is 9.15 Å². The smallest absolute Gasteiger partial charge is 0.389 e. The largest absolute Gasteiger partial charge is 0.492 e. The number of carbonyl (C=O) groups is 1. The number of Topliss-reactive ketones (excluding diaryl/α,β-unsaturated/α-hetero) is 1. The lowest BCUT2D eigenvalue weighted by Crippen LogP contribution is -2.32. The molecule has 7 heteroatoms. The summed E-state index contributed by atoms with van der Waals surface area (Å²) in [5, 5.41) is 0.456. The third-order valence-corrected chi connectivity index (χ3v) is 3.29. The van der Waals surface area contributed by atoms with Crippen LogP contribution in [0.3, 0.4) is 0 Å². The maximum Gasteiger partial charge on any atom is 0.389 e. The summed E-state index contributed by atoms with van der Waals surface area (Å²) in [5.74, 6) is -1.90. The van der Waals surface area contributed by atoms with Gasteiger partial charge in [0.05, 0.1) is 18.9 Å². The highest BCUT2D eigenvalue weighted by Gasteiger charge is 2.40. The summed E-state index contributed by atoms with van der Waals surface area (Å²) in [5.41, 5.74) is -0.802. The molecule has 0 saturated heterocycles. The van der Waals surface area contributed by atoms with Crippen molar-refractivity contribution in [1.82, 2.24) is 0 Å². The highest BCUT2D eigenvalue weighted by molar-refractivity contribution is 6.10. The number of ketones is 1. The zero-order valence-corrected chi connectivity index (χ0v) is 10.6. The molecule has 0 spiro atoms. The third-order valence-electron chi connectivity index (χ3n) is 3.29. The van der Waals surface area contributed by atoms with E-state index in [1.807, 2.05) is 0 Å². The zero-order chi connectivity index (χ0) is 15.2.